The van der Waals surface area contributed by atoms with E-state index in [-0.39, 0.29) is 19.2 Å². The van der Waals surface area contributed by atoms with Crippen LogP contribution in [-0.2, 0) is 17.5 Å². The number of piperazine rings is 1. The van der Waals surface area contributed by atoms with Crippen molar-refractivity contribution in [1.29, 1.82) is 0 Å². The van der Waals surface area contributed by atoms with Crippen molar-refractivity contribution in [2.24, 2.45) is 0 Å². The molecule has 2 aliphatic rings. The van der Waals surface area contributed by atoms with E-state index in [0.29, 0.717) is 18.5 Å². The number of carbonyl (C=O) groups excluding carboxylic acids is 1. The molecule has 1 aromatic carbocycles. The zero-order valence-electron chi connectivity index (χ0n) is 18.9. The highest BCUT2D eigenvalue weighted by Gasteiger charge is 2.38. The number of nitrogens with zero attached hydrogens (tertiary/aromatic N) is 4. The van der Waals surface area contributed by atoms with Crippen molar-refractivity contribution in [2.45, 2.75) is 50.9 Å². The van der Waals surface area contributed by atoms with E-state index in [1.54, 1.807) is 11.8 Å². The number of amides is 1. The van der Waals surface area contributed by atoms with E-state index in [9.17, 15) is 22.4 Å². The number of carbonyl (C=O) groups is 1. The van der Waals surface area contributed by atoms with Gasteiger partial charge in [0.25, 0.3) is 0 Å². The van der Waals surface area contributed by atoms with Gasteiger partial charge in [0.1, 0.15) is 11.8 Å². The van der Waals surface area contributed by atoms with E-state index >= 15 is 0 Å². The highest BCUT2D eigenvalue weighted by molar-refractivity contribution is 5.69. The van der Waals surface area contributed by atoms with Crippen LogP contribution in [0.25, 0.3) is 0 Å². The third-order valence-electron chi connectivity index (χ3n) is 6.30. The SMILES string of the molecule is C[C@H]1CN(c2ccc(C(F)(F)F)nc2)C[C@@H](F)N1C(=O)OC1CCN(Cc2ccccc2)CC1. The molecule has 0 bridgehead atoms. The molecule has 1 aromatic heterocycles. The maximum absolute atomic E-state index is 15.0. The second kappa shape index (κ2) is 10.2. The standard InChI is InChI=1S/C24H28F4N4O2/c1-17-14-31(19-7-8-21(29-13-19)24(26,27)28)16-22(25)32(17)23(33)34-20-9-11-30(12-10-20)15-18-5-3-2-4-6-18/h2-8,13,17,20,22H,9-12,14-16H2,1H3/t17-,22-/m0/s1. The average Bonchev–Trinajstić information content (AvgIpc) is 2.80. The van der Waals surface area contributed by atoms with E-state index < -0.39 is 30.3 Å². The van der Waals surface area contributed by atoms with Gasteiger partial charge in [0.15, 0.2) is 6.30 Å². The number of piperidine rings is 1. The summed E-state index contributed by atoms with van der Waals surface area (Å²) in [5.74, 6) is 0. The number of anilines is 1. The van der Waals surface area contributed by atoms with Gasteiger partial charge in [-0.2, -0.15) is 13.2 Å². The normalized spacial score (nSPS) is 22.6. The second-order valence-electron chi connectivity index (χ2n) is 8.84. The van der Waals surface area contributed by atoms with Crippen molar-refractivity contribution in [3.05, 3.63) is 59.9 Å². The molecule has 2 aromatic rings. The number of halogens is 4. The minimum absolute atomic E-state index is 0.165. The fraction of sp³-hybridized carbons (Fsp3) is 0.500. The largest absolute Gasteiger partial charge is 0.446 e. The van der Waals surface area contributed by atoms with E-state index in [4.69, 9.17) is 4.74 Å². The van der Waals surface area contributed by atoms with Crippen LogP contribution >= 0.6 is 0 Å². The Balaban J connectivity index is 1.28. The average molecular weight is 481 g/mol. The van der Waals surface area contributed by atoms with Crippen molar-refractivity contribution in [1.82, 2.24) is 14.8 Å². The van der Waals surface area contributed by atoms with Gasteiger partial charge in [0.2, 0.25) is 0 Å². The molecule has 2 aliphatic heterocycles. The fourth-order valence-corrected chi connectivity index (χ4v) is 4.50. The van der Waals surface area contributed by atoms with Crippen LogP contribution in [0.15, 0.2) is 48.7 Å². The summed E-state index contributed by atoms with van der Waals surface area (Å²) in [4.78, 5) is 21.2. The van der Waals surface area contributed by atoms with Gasteiger partial charge in [-0.05, 0) is 37.5 Å². The first-order chi connectivity index (χ1) is 16.2. The lowest BCUT2D eigenvalue weighted by Gasteiger charge is -2.43. The molecule has 0 spiro atoms. The third-order valence-corrected chi connectivity index (χ3v) is 6.30. The molecule has 6 nitrogen and oxygen atoms in total. The Bertz CT molecular complexity index is 938. The van der Waals surface area contributed by atoms with Gasteiger partial charge in [0, 0.05) is 26.2 Å². The zero-order valence-corrected chi connectivity index (χ0v) is 18.9. The van der Waals surface area contributed by atoms with Crippen molar-refractivity contribution in [3.8, 4) is 0 Å². The molecular formula is C24H28F4N4O2. The lowest BCUT2D eigenvalue weighted by atomic mass is 10.1. The molecule has 0 aliphatic carbocycles. The molecule has 0 N–H and O–H groups in total. The first kappa shape index (κ1) is 24.3. The number of ether oxygens (including phenoxy) is 1. The predicted octanol–water partition coefficient (Wildman–Crippen LogP) is 4.71. The summed E-state index contributed by atoms with van der Waals surface area (Å²) in [6, 6.07) is 11.8. The van der Waals surface area contributed by atoms with E-state index in [1.807, 2.05) is 18.2 Å². The Labute approximate surface area is 196 Å². The lowest BCUT2D eigenvalue weighted by molar-refractivity contribution is -0.141. The van der Waals surface area contributed by atoms with E-state index in [2.05, 4.69) is 22.0 Å². The number of aromatic nitrogens is 1. The van der Waals surface area contributed by atoms with Crippen LogP contribution in [0.2, 0.25) is 0 Å². The summed E-state index contributed by atoms with van der Waals surface area (Å²) in [7, 11) is 0. The molecule has 2 saturated heterocycles. The third kappa shape index (κ3) is 5.78. The van der Waals surface area contributed by atoms with Gasteiger partial charge in [-0.1, -0.05) is 30.3 Å². The zero-order chi connectivity index (χ0) is 24.3. The number of likely N-dealkylation sites (tertiary alicyclic amines) is 1. The van der Waals surface area contributed by atoms with E-state index in [0.717, 1.165) is 36.8 Å². The molecule has 4 rings (SSSR count). The van der Waals surface area contributed by atoms with Crippen LogP contribution in [0.5, 0.6) is 0 Å². The smallest absolute Gasteiger partial charge is 0.433 e. The molecule has 34 heavy (non-hydrogen) atoms. The number of benzene rings is 1. The van der Waals surface area contributed by atoms with Gasteiger partial charge in [0.05, 0.1) is 24.5 Å². The summed E-state index contributed by atoms with van der Waals surface area (Å²) in [6.07, 6.45) is -4.68. The maximum Gasteiger partial charge on any atom is 0.433 e. The molecular weight excluding hydrogens is 452 g/mol. The van der Waals surface area contributed by atoms with Gasteiger partial charge in [-0.15, -0.1) is 0 Å². The topological polar surface area (TPSA) is 48.9 Å². The molecule has 2 atom stereocenters. The Morgan fingerprint density at radius 1 is 1.09 bits per heavy atom. The first-order valence-corrected chi connectivity index (χ1v) is 11.4. The Morgan fingerprint density at radius 3 is 2.38 bits per heavy atom. The number of rotatable bonds is 4. The maximum atomic E-state index is 15.0. The molecule has 0 radical (unpaired) electrons. The minimum atomic E-state index is -4.53. The van der Waals surface area contributed by atoms with Crippen molar-refractivity contribution < 1.29 is 27.1 Å². The molecule has 3 heterocycles. The van der Waals surface area contributed by atoms with Gasteiger partial charge in [-0.25, -0.2) is 14.2 Å². The van der Waals surface area contributed by atoms with Crippen molar-refractivity contribution in [2.75, 3.05) is 31.1 Å². The molecule has 0 unspecified atom stereocenters. The summed E-state index contributed by atoms with van der Waals surface area (Å²) < 4.78 is 58.8. The number of hydrogen-bond acceptors (Lipinski definition) is 5. The predicted molar refractivity (Wildman–Crippen MR) is 119 cm³/mol. The lowest BCUT2D eigenvalue weighted by Crippen LogP contribution is -2.59. The summed E-state index contributed by atoms with van der Waals surface area (Å²) in [5, 5.41) is 0. The van der Waals surface area contributed by atoms with Crippen molar-refractivity contribution in [3.63, 3.8) is 0 Å². The molecule has 10 heteroatoms. The summed E-state index contributed by atoms with van der Waals surface area (Å²) in [5.41, 5.74) is 0.604. The quantitative estimate of drug-likeness (QED) is 0.469. The van der Waals surface area contributed by atoms with Crippen LogP contribution in [-0.4, -0.2) is 65.5 Å². The molecule has 2 fully saturated rings. The Kier molecular flexibility index (Phi) is 7.25. The monoisotopic (exact) mass is 480 g/mol. The van der Waals surface area contributed by atoms with Gasteiger partial charge < -0.3 is 9.64 Å². The fourth-order valence-electron chi connectivity index (χ4n) is 4.50. The summed E-state index contributed by atoms with van der Waals surface area (Å²) >= 11 is 0. The highest BCUT2D eigenvalue weighted by atomic mass is 19.4. The molecule has 0 saturated carbocycles. The molecule has 184 valence electrons. The van der Waals surface area contributed by atoms with Crippen LogP contribution in [0.1, 0.15) is 31.0 Å². The van der Waals surface area contributed by atoms with E-state index in [1.165, 1.54) is 11.6 Å². The van der Waals surface area contributed by atoms with Crippen LogP contribution in [0.3, 0.4) is 0 Å². The Morgan fingerprint density at radius 2 is 1.79 bits per heavy atom. The van der Waals surface area contributed by atoms with Gasteiger partial charge in [-0.3, -0.25) is 9.80 Å². The Hall–Kier alpha value is -2.88. The molecule has 1 amide bonds. The van der Waals surface area contributed by atoms with Crippen LogP contribution < -0.4 is 4.90 Å². The second-order valence-corrected chi connectivity index (χ2v) is 8.84. The first-order valence-electron chi connectivity index (χ1n) is 11.4. The number of hydrogen-bond donors (Lipinski definition) is 0. The number of pyridine rings is 1. The number of alkyl halides is 4. The summed E-state index contributed by atoms with van der Waals surface area (Å²) in [6.45, 7) is 4.21. The van der Waals surface area contributed by atoms with Crippen LogP contribution in [0.4, 0.5) is 28.0 Å². The van der Waals surface area contributed by atoms with Gasteiger partial charge >= 0.3 is 12.3 Å². The minimum Gasteiger partial charge on any atom is -0.446 e. The highest BCUT2D eigenvalue weighted by Crippen LogP contribution is 2.30. The van der Waals surface area contributed by atoms with Crippen molar-refractivity contribution >= 4 is 11.8 Å². The van der Waals surface area contributed by atoms with Crippen LogP contribution in [0, 0.1) is 0 Å².